The number of rotatable bonds is 4. The third-order valence-corrected chi connectivity index (χ3v) is 4.04. The van der Waals surface area contributed by atoms with Gasteiger partial charge in [0.1, 0.15) is 5.52 Å². The Morgan fingerprint density at radius 2 is 2.00 bits per heavy atom. The summed E-state index contributed by atoms with van der Waals surface area (Å²) in [7, 11) is 1.79. The molecule has 7 heteroatoms. The van der Waals surface area contributed by atoms with E-state index in [-0.39, 0.29) is 5.56 Å². The summed E-state index contributed by atoms with van der Waals surface area (Å²) in [6, 6.07) is 0. The predicted molar refractivity (Wildman–Crippen MR) is 83.8 cm³/mol. The molecule has 0 aliphatic rings. The van der Waals surface area contributed by atoms with Gasteiger partial charge in [0.15, 0.2) is 5.52 Å². The van der Waals surface area contributed by atoms with Gasteiger partial charge in [-0.3, -0.25) is 18.7 Å². The summed E-state index contributed by atoms with van der Waals surface area (Å²) >= 11 is 0. The largest absolute Gasteiger partial charge is 0.297 e. The summed E-state index contributed by atoms with van der Waals surface area (Å²) in [6.07, 6.45) is 4.11. The highest BCUT2D eigenvalue weighted by atomic mass is 16.1. The van der Waals surface area contributed by atoms with Crippen LogP contribution in [0.3, 0.4) is 0 Å². The maximum absolute atomic E-state index is 12.4. The van der Waals surface area contributed by atoms with Crippen LogP contribution < -0.4 is 5.56 Å². The molecule has 7 nitrogen and oxygen atoms in total. The molecular formula is C15H20N6O. The zero-order valence-corrected chi connectivity index (χ0v) is 13.4. The van der Waals surface area contributed by atoms with Gasteiger partial charge in [0.2, 0.25) is 0 Å². The average molecular weight is 300 g/mol. The number of fused-ring (bicyclic) bond motifs is 1. The standard InChI is InChI=1S/C15H20N6O/c1-5-21-11(3)12(10(2)17-21)6-7-20-9-16-13-8-19(4)18-14(13)15(20)22/h8-9H,5-7H2,1-4H3. The summed E-state index contributed by atoms with van der Waals surface area (Å²) < 4.78 is 5.23. The third kappa shape index (κ3) is 2.32. The van der Waals surface area contributed by atoms with E-state index in [2.05, 4.69) is 29.0 Å². The lowest BCUT2D eigenvalue weighted by Crippen LogP contribution is -2.22. The third-order valence-electron chi connectivity index (χ3n) is 4.04. The molecule has 0 aliphatic carbocycles. The van der Waals surface area contributed by atoms with Gasteiger partial charge in [0.05, 0.1) is 18.2 Å². The van der Waals surface area contributed by atoms with Crippen molar-refractivity contribution < 1.29 is 0 Å². The van der Waals surface area contributed by atoms with E-state index < -0.39 is 0 Å². The van der Waals surface area contributed by atoms with Gasteiger partial charge in [-0.2, -0.15) is 10.2 Å². The van der Waals surface area contributed by atoms with Crippen LogP contribution in [0.4, 0.5) is 0 Å². The Kier molecular flexibility index (Phi) is 3.56. The van der Waals surface area contributed by atoms with E-state index in [1.807, 2.05) is 11.6 Å². The van der Waals surface area contributed by atoms with Crippen molar-refractivity contribution in [1.29, 1.82) is 0 Å². The van der Waals surface area contributed by atoms with E-state index in [4.69, 9.17) is 0 Å². The van der Waals surface area contributed by atoms with Gasteiger partial charge in [0.25, 0.3) is 5.56 Å². The Bertz CT molecular complexity index is 885. The molecule has 0 bridgehead atoms. The Hall–Kier alpha value is -2.44. The van der Waals surface area contributed by atoms with Crippen LogP contribution in [-0.4, -0.2) is 29.1 Å². The van der Waals surface area contributed by atoms with Crippen molar-refractivity contribution in [3.05, 3.63) is 39.8 Å². The fourth-order valence-electron chi connectivity index (χ4n) is 2.84. The molecule has 22 heavy (non-hydrogen) atoms. The molecule has 0 spiro atoms. The molecule has 0 N–H and O–H groups in total. The highest BCUT2D eigenvalue weighted by Gasteiger charge is 2.12. The lowest BCUT2D eigenvalue weighted by molar-refractivity contribution is 0.629. The molecule has 0 unspecified atom stereocenters. The normalized spacial score (nSPS) is 11.5. The van der Waals surface area contributed by atoms with E-state index in [0.717, 1.165) is 18.7 Å². The van der Waals surface area contributed by atoms with Crippen molar-refractivity contribution in [1.82, 2.24) is 29.1 Å². The first-order chi connectivity index (χ1) is 10.5. The topological polar surface area (TPSA) is 70.5 Å². The summed E-state index contributed by atoms with van der Waals surface area (Å²) in [5.41, 5.74) is 4.36. The Labute approximate surface area is 128 Å². The van der Waals surface area contributed by atoms with Crippen molar-refractivity contribution in [2.24, 2.45) is 7.05 Å². The first-order valence-corrected chi connectivity index (χ1v) is 7.43. The number of hydrogen-bond acceptors (Lipinski definition) is 4. The van der Waals surface area contributed by atoms with Crippen molar-refractivity contribution in [3.63, 3.8) is 0 Å². The molecule has 0 amide bonds. The smallest absolute Gasteiger partial charge is 0.281 e. The number of aromatic nitrogens is 6. The maximum atomic E-state index is 12.4. The molecule has 0 saturated heterocycles. The molecule has 116 valence electrons. The SMILES string of the molecule is CCn1nc(C)c(CCn2cnc3cn(C)nc3c2=O)c1C. The van der Waals surface area contributed by atoms with E-state index >= 15 is 0 Å². The van der Waals surface area contributed by atoms with E-state index in [1.54, 1.807) is 28.8 Å². The van der Waals surface area contributed by atoms with Crippen LogP contribution in [0.1, 0.15) is 23.9 Å². The van der Waals surface area contributed by atoms with Crippen LogP contribution in [-0.2, 0) is 26.6 Å². The van der Waals surface area contributed by atoms with Gasteiger partial charge in [0, 0.05) is 25.8 Å². The fourth-order valence-corrected chi connectivity index (χ4v) is 2.84. The molecule has 3 heterocycles. The zero-order chi connectivity index (χ0) is 15.9. The molecule has 0 aliphatic heterocycles. The first kappa shape index (κ1) is 14.5. The minimum Gasteiger partial charge on any atom is -0.297 e. The fraction of sp³-hybridized carbons (Fsp3) is 0.467. The van der Waals surface area contributed by atoms with Crippen LogP contribution in [0.5, 0.6) is 0 Å². The first-order valence-electron chi connectivity index (χ1n) is 7.43. The van der Waals surface area contributed by atoms with Gasteiger partial charge in [-0.1, -0.05) is 0 Å². The highest BCUT2D eigenvalue weighted by molar-refractivity contribution is 5.71. The molecule has 3 aromatic rings. The van der Waals surface area contributed by atoms with Crippen LogP contribution in [0.15, 0.2) is 17.3 Å². The van der Waals surface area contributed by atoms with Gasteiger partial charge in [-0.25, -0.2) is 4.98 Å². The summed E-state index contributed by atoms with van der Waals surface area (Å²) in [6.45, 7) is 7.59. The molecule has 3 rings (SSSR count). The zero-order valence-electron chi connectivity index (χ0n) is 13.4. The second-order valence-corrected chi connectivity index (χ2v) is 5.49. The lowest BCUT2D eigenvalue weighted by Gasteiger charge is -2.06. The summed E-state index contributed by atoms with van der Waals surface area (Å²) in [5.74, 6) is 0. The van der Waals surface area contributed by atoms with Gasteiger partial charge in [-0.15, -0.1) is 0 Å². The number of nitrogens with zero attached hydrogens (tertiary/aromatic N) is 6. The van der Waals surface area contributed by atoms with Crippen LogP contribution in [0.25, 0.3) is 11.0 Å². The number of hydrogen-bond donors (Lipinski definition) is 0. The maximum Gasteiger partial charge on any atom is 0.281 e. The van der Waals surface area contributed by atoms with Gasteiger partial charge >= 0.3 is 0 Å². The van der Waals surface area contributed by atoms with E-state index in [0.29, 0.717) is 17.6 Å². The highest BCUT2D eigenvalue weighted by Crippen LogP contribution is 2.14. The predicted octanol–water partition coefficient (Wildman–Crippen LogP) is 1.21. The van der Waals surface area contributed by atoms with Gasteiger partial charge < -0.3 is 0 Å². The molecule has 0 radical (unpaired) electrons. The Morgan fingerprint density at radius 1 is 1.23 bits per heavy atom. The Balaban J connectivity index is 1.90. The van der Waals surface area contributed by atoms with E-state index in [1.165, 1.54) is 11.3 Å². The second-order valence-electron chi connectivity index (χ2n) is 5.49. The van der Waals surface area contributed by atoms with Crippen molar-refractivity contribution in [3.8, 4) is 0 Å². The van der Waals surface area contributed by atoms with Crippen molar-refractivity contribution in [2.75, 3.05) is 0 Å². The van der Waals surface area contributed by atoms with Crippen LogP contribution in [0.2, 0.25) is 0 Å². The summed E-state index contributed by atoms with van der Waals surface area (Å²) in [4.78, 5) is 16.7. The van der Waals surface area contributed by atoms with Crippen LogP contribution in [0, 0.1) is 13.8 Å². The molecular weight excluding hydrogens is 280 g/mol. The lowest BCUT2D eigenvalue weighted by atomic mass is 10.1. The molecule has 0 atom stereocenters. The monoisotopic (exact) mass is 300 g/mol. The van der Waals surface area contributed by atoms with E-state index in [9.17, 15) is 4.79 Å². The molecule has 0 aromatic carbocycles. The van der Waals surface area contributed by atoms with Crippen LogP contribution >= 0.6 is 0 Å². The molecule has 0 saturated carbocycles. The minimum absolute atomic E-state index is 0.0937. The number of aryl methyl sites for hydroxylation is 4. The quantitative estimate of drug-likeness (QED) is 0.726. The summed E-state index contributed by atoms with van der Waals surface area (Å²) in [5, 5.41) is 8.70. The second kappa shape index (κ2) is 5.40. The average Bonchev–Trinajstić information content (AvgIpc) is 2.99. The van der Waals surface area contributed by atoms with Gasteiger partial charge in [-0.05, 0) is 32.8 Å². The Morgan fingerprint density at radius 3 is 2.68 bits per heavy atom. The molecule has 0 fully saturated rings. The van der Waals surface area contributed by atoms with Crippen molar-refractivity contribution in [2.45, 2.75) is 40.3 Å². The van der Waals surface area contributed by atoms with Crippen molar-refractivity contribution >= 4 is 11.0 Å². The molecule has 3 aromatic heterocycles. The minimum atomic E-state index is -0.0937.